The first-order valence-corrected chi connectivity index (χ1v) is 4.71. The predicted octanol–water partition coefficient (Wildman–Crippen LogP) is 2.89. The molecule has 0 saturated carbocycles. The molecule has 2 aromatic heterocycles. The van der Waals surface area contributed by atoms with Gasteiger partial charge in [-0.05, 0) is 24.3 Å². The molecule has 0 N–H and O–H groups in total. The van der Waals surface area contributed by atoms with E-state index < -0.39 is 0 Å². The van der Waals surface area contributed by atoms with Gasteiger partial charge in [-0.3, -0.25) is 4.98 Å². The quantitative estimate of drug-likeness (QED) is 0.600. The second-order valence-electron chi connectivity index (χ2n) is 3.24. The van der Waals surface area contributed by atoms with E-state index in [-0.39, 0.29) is 0 Å². The van der Waals surface area contributed by atoms with Crippen LogP contribution in [-0.2, 0) is 0 Å². The van der Waals surface area contributed by atoms with Crippen molar-refractivity contribution < 1.29 is 4.52 Å². The SMILES string of the molecule is c1ccc(-c2noc3ccccc23)nc1. The van der Waals surface area contributed by atoms with E-state index >= 15 is 0 Å². The smallest absolute Gasteiger partial charge is 0.167 e. The van der Waals surface area contributed by atoms with Gasteiger partial charge in [0.15, 0.2) is 5.58 Å². The van der Waals surface area contributed by atoms with Crippen molar-refractivity contribution in [3.8, 4) is 11.4 Å². The van der Waals surface area contributed by atoms with Crippen LogP contribution in [0, 0.1) is 0 Å². The summed E-state index contributed by atoms with van der Waals surface area (Å²) < 4.78 is 5.21. The molecule has 3 rings (SSSR count). The maximum absolute atomic E-state index is 5.21. The van der Waals surface area contributed by atoms with Gasteiger partial charge in [0, 0.05) is 6.20 Å². The second-order valence-corrected chi connectivity index (χ2v) is 3.24. The van der Waals surface area contributed by atoms with Gasteiger partial charge < -0.3 is 4.52 Å². The molecule has 0 aliphatic heterocycles. The van der Waals surface area contributed by atoms with Gasteiger partial charge in [-0.25, -0.2) is 0 Å². The zero-order valence-electron chi connectivity index (χ0n) is 7.92. The number of hydrogen-bond acceptors (Lipinski definition) is 3. The van der Waals surface area contributed by atoms with E-state index in [1.54, 1.807) is 6.20 Å². The average Bonchev–Trinajstić information content (AvgIpc) is 2.74. The lowest BCUT2D eigenvalue weighted by Gasteiger charge is -1.93. The first kappa shape index (κ1) is 8.17. The van der Waals surface area contributed by atoms with Gasteiger partial charge in [-0.1, -0.05) is 23.4 Å². The summed E-state index contributed by atoms with van der Waals surface area (Å²) in [5.74, 6) is 0. The van der Waals surface area contributed by atoms with Crippen LogP contribution in [-0.4, -0.2) is 10.1 Å². The first-order chi connectivity index (χ1) is 7.45. The third-order valence-electron chi connectivity index (χ3n) is 2.28. The molecule has 0 saturated heterocycles. The van der Waals surface area contributed by atoms with Crippen molar-refractivity contribution in [3.05, 3.63) is 48.7 Å². The van der Waals surface area contributed by atoms with Crippen molar-refractivity contribution >= 4 is 11.0 Å². The summed E-state index contributed by atoms with van der Waals surface area (Å²) in [4.78, 5) is 4.25. The highest BCUT2D eigenvalue weighted by atomic mass is 16.5. The number of aromatic nitrogens is 2. The molecule has 15 heavy (non-hydrogen) atoms. The Kier molecular flexibility index (Phi) is 1.75. The number of benzene rings is 1. The number of pyridine rings is 1. The highest BCUT2D eigenvalue weighted by Gasteiger charge is 2.09. The normalized spacial score (nSPS) is 10.7. The lowest BCUT2D eigenvalue weighted by Crippen LogP contribution is -1.81. The lowest BCUT2D eigenvalue weighted by molar-refractivity contribution is 0.459. The molecule has 0 atom stereocenters. The van der Waals surface area contributed by atoms with E-state index in [4.69, 9.17) is 4.52 Å². The van der Waals surface area contributed by atoms with Gasteiger partial charge in [-0.2, -0.15) is 0 Å². The van der Waals surface area contributed by atoms with Crippen LogP contribution >= 0.6 is 0 Å². The largest absolute Gasteiger partial charge is 0.356 e. The van der Waals surface area contributed by atoms with Crippen LogP contribution in [0.5, 0.6) is 0 Å². The summed E-state index contributed by atoms with van der Waals surface area (Å²) >= 11 is 0. The average molecular weight is 196 g/mol. The third kappa shape index (κ3) is 1.29. The van der Waals surface area contributed by atoms with Crippen LogP contribution in [0.25, 0.3) is 22.4 Å². The molecule has 3 nitrogen and oxygen atoms in total. The van der Waals surface area contributed by atoms with Gasteiger partial charge in [0.05, 0.1) is 11.1 Å². The molecule has 3 heteroatoms. The van der Waals surface area contributed by atoms with Gasteiger partial charge in [-0.15, -0.1) is 0 Å². The first-order valence-electron chi connectivity index (χ1n) is 4.71. The molecule has 2 heterocycles. The summed E-state index contributed by atoms with van der Waals surface area (Å²) in [6.07, 6.45) is 1.75. The summed E-state index contributed by atoms with van der Waals surface area (Å²) in [5.41, 5.74) is 2.42. The summed E-state index contributed by atoms with van der Waals surface area (Å²) in [6.45, 7) is 0. The number of hydrogen-bond donors (Lipinski definition) is 0. The predicted molar refractivity (Wildman–Crippen MR) is 57.2 cm³/mol. The number of nitrogens with zero attached hydrogens (tertiary/aromatic N) is 2. The monoisotopic (exact) mass is 196 g/mol. The molecular formula is C12H8N2O. The molecule has 0 bridgehead atoms. The van der Waals surface area contributed by atoms with Gasteiger partial charge in [0.2, 0.25) is 0 Å². The minimum atomic E-state index is 0.790. The van der Waals surface area contributed by atoms with Crippen LogP contribution in [0.2, 0.25) is 0 Å². The maximum Gasteiger partial charge on any atom is 0.167 e. The van der Waals surface area contributed by atoms with E-state index in [1.165, 1.54) is 0 Å². The maximum atomic E-state index is 5.21. The van der Waals surface area contributed by atoms with Gasteiger partial charge in [0.25, 0.3) is 0 Å². The number of rotatable bonds is 1. The molecule has 1 aromatic carbocycles. The summed E-state index contributed by atoms with van der Waals surface area (Å²) in [7, 11) is 0. The Morgan fingerprint density at radius 2 is 1.80 bits per heavy atom. The number of fused-ring (bicyclic) bond motifs is 1. The van der Waals surface area contributed by atoms with Crippen LogP contribution < -0.4 is 0 Å². The minimum Gasteiger partial charge on any atom is -0.356 e. The Morgan fingerprint density at radius 1 is 0.933 bits per heavy atom. The summed E-state index contributed by atoms with van der Waals surface area (Å²) in [6, 6.07) is 13.5. The Labute approximate surface area is 86.4 Å². The van der Waals surface area contributed by atoms with Gasteiger partial charge in [0.1, 0.15) is 5.69 Å². The fourth-order valence-electron chi connectivity index (χ4n) is 1.57. The van der Waals surface area contributed by atoms with E-state index in [0.29, 0.717) is 0 Å². The zero-order valence-corrected chi connectivity index (χ0v) is 7.92. The van der Waals surface area contributed by atoms with Crippen molar-refractivity contribution in [1.29, 1.82) is 0 Å². The van der Waals surface area contributed by atoms with Crippen LogP contribution in [0.4, 0.5) is 0 Å². The Balaban J connectivity index is 2.28. The second kappa shape index (κ2) is 3.20. The lowest BCUT2D eigenvalue weighted by atomic mass is 10.1. The fraction of sp³-hybridized carbons (Fsp3) is 0. The van der Waals surface area contributed by atoms with Gasteiger partial charge >= 0.3 is 0 Å². The molecule has 0 aliphatic carbocycles. The molecule has 0 aliphatic rings. The molecule has 0 radical (unpaired) electrons. The van der Waals surface area contributed by atoms with Crippen LogP contribution in [0.3, 0.4) is 0 Å². The number of para-hydroxylation sites is 1. The van der Waals surface area contributed by atoms with Crippen LogP contribution in [0.1, 0.15) is 0 Å². The Morgan fingerprint density at radius 3 is 2.67 bits per heavy atom. The van der Waals surface area contributed by atoms with Crippen LogP contribution in [0.15, 0.2) is 53.2 Å². The molecule has 0 amide bonds. The Hall–Kier alpha value is -2.16. The Bertz CT molecular complexity index is 587. The van der Waals surface area contributed by atoms with E-state index in [0.717, 1.165) is 22.4 Å². The third-order valence-corrected chi connectivity index (χ3v) is 2.28. The minimum absolute atomic E-state index is 0.790. The summed E-state index contributed by atoms with van der Waals surface area (Å²) in [5, 5.41) is 5.02. The molecule has 72 valence electrons. The van der Waals surface area contributed by atoms with Crippen molar-refractivity contribution in [2.75, 3.05) is 0 Å². The van der Waals surface area contributed by atoms with E-state index in [1.807, 2.05) is 42.5 Å². The highest BCUT2D eigenvalue weighted by molar-refractivity contribution is 5.90. The molecular weight excluding hydrogens is 188 g/mol. The van der Waals surface area contributed by atoms with Crippen molar-refractivity contribution in [2.45, 2.75) is 0 Å². The zero-order chi connectivity index (χ0) is 10.1. The molecule has 0 fully saturated rings. The van der Waals surface area contributed by atoms with Crippen molar-refractivity contribution in [2.24, 2.45) is 0 Å². The fourth-order valence-corrected chi connectivity index (χ4v) is 1.57. The molecule has 0 spiro atoms. The van der Waals surface area contributed by atoms with Crippen molar-refractivity contribution in [1.82, 2.24) is 10.1 Å². The topological polar surface area (TPSA) is 38.9 Å². The molecule has 3 aromatic rings. The molecule has 0 unspecified atom stereocenters. The van der Waals surface area contributed by atoms with E-state index in [9.17, 15) is 0 Å². The standard InChI is InChI=1S/C12H8N2O/c1-2-7-11-9(5-1)12(14-15-11)10-6-3-4-8-13-10/h1-8H. The van der Waals surface area contributed by atoms with E-state index in [2.05, 4.69) is 10.1 Å². The highest BCUT2D eigenvalue weighted by Crippen LogP contribution is 2.25. The van der Waals surface area contributed by atoms with Crippen molar-refractivity contribution in [3.63, 3.8) is 0 Å².